The summed E-state index contributed by atoms with van der Waals surface area (Å²) in [5, 5.41) is 13.5. The van der Waals surface area contributed by atoms with Gasteiger partial charge in [0.2, 0.25) is 0 Å². The highest BCUT2D eigenvalue weighted by atomic mass is 35.5. The Balaban J connectivity index is 2.23. The van der Waals surface area contributed by atoms with Gasteiger partial charge in [-0.05, 0) is 17.5 Å². The van der Waals surface area contributed by atoms with Crippen LogP contribution in [0.2, 0.25) is 10.2 Å². The van der Waals surface area contributed by atoms with Crippen LogP contribution in [0.1, 0.15) is 20.7 Å². The van der Waals surface area contributed by atoms with Crippen molar-refractivity contribution in [3.05, 3.63) is 45.0 Å². The first-order valence-corrected chi connectivity index (χ1v) is 6.56. The first-order chi connectivity index (χ1) is 8.99. The van der Waals surface area contributed by atoms with E-state index in [0.29, 0.717) is 0 Å². The lowest BCUT2D eigenvalue weighted by Gasteiger charge is -2.04. The molecule has 0 radical (unpaired) electrons. The summed E-state index contributed by atoms with van der Waals surface area (Å²) in [6, 6.07) is 2.77. The summed E-state index contributed by atoms with van der Waals surface area (Å²) in [7, 11) is 0. The quantitative estimate of drug-likeness (QED) is 0.850. The van der Waals surface area contributed by atoms with Gasteiger partial charge < -0.3 is 10.4 Å². The number of carbonyl (C=O) groups is 2. The van der Waals surface area contributed by atoms with Gasteiger partial charge in [-0.3, -0.25) is 4.79 Å². The van der Waals surface area contributed by atoms with Gasteiger partial charge in [0, 0.05) is 6.20 Å². The van der Waals surface area contributed by atoms with Crippen molar-refractivity contribution in [3.63, 3.8) is 0 Å². The van der Waals surface area contributed by atoms with Crippen LogP contribution in [-0.4, -0.2) is 22.0 Å². The first-order valence-electron chi connectivity index (χ1n) is 4.92. The largest absolute Gasteiger partial charge is 0.478 e. The second-order valence-corrected chi connectivity index (χ2v) is 5.10. The number of hydrogen-bond donors (Lipinski definition) is 2. The molecule has 0 spiro atoms. The summed E-state index contributed by atoms with van der Waals surface area (Å²) in [5.41, 5.74) is 0.227. The number of amides is 1. The molecule has 2 heterocycles. The van der Waals surface area contributed by atoms with Crippen molar-refractivity contribution in [2.45, 2.75) is 0 Å². The van der Waals surface area contributed by atoms with Crippen LogP contribution in [0.5, 0.6) is 0 Å². The van der Waals surface area contributed by atoms with Crippen molar-refractivity contribution in [1.29, 1.82) is 0 Å². The van der Waals surface area contributed by atoms with E-state index in [0.717, 1.165) is 11.3 Å². The SMILES string of the molecule is O=C(Nc1sccc1C(=O)O)c1cnc(Cl)c(Cl)c1. The smallest absolute Gasteiger partial charge is 0.338 e. The molecule has 0 saturated heterocycles. The van der Waals surface area contributed by atoms with Gasteiger partial charge in [0.05, 0.1) is 16.1 Å². The Morgan fingerprint density at radius 1 is 1.37 bits per heavy atom. The molecule has 0 atom stereocenters. The average molecular weight is 317 g/mol. The summed E-state index contributed by atoms with van der Waals surface area (Å²) in [5.74, 6) is -1.61. The number of nitrogens with zero attached hydrogens (tertiary/aromatic N) is 1. The van der Waals surface area contributed by atoms with E-state index in [2.05, 4.69) is 10.3 Å². The molecule has 2 aromatic heterocycles. The fourth-order valence-electron chi connectivity index (χ4n) is 1.30. The van der Waals surface area contributed by atoms with E-state index in [9.17, 15) is 9.59 Å². The third kappa shape index (κ3) is 3.04. The standard InChI is InChI=1S/C11H6Cl2N2O3S/c12-7-3-5(4-14-8(7)13)9(16)15-10-6(11(17)18)1-2-19-10/h1-4H,(H,15,16)(H,17,18). The molecule has 0 unspecified atom stereocenters. The van der Waals surface area contributed by atoms with Gasteiger partial charge >= 0.3 is 5.97 Å². The van der Waals surface area contributed by atoms with Crippen LogP contribution in [0, 0.1) is 0 Å². The molecule has 0 fully saturated rings. The molecule has 0 saturated carbocycles. The van der Waals surface area contributed by atoms with Crippen molar-refractivity contribution in [2.24, 2.45) is 0 Å². The number of thiophene rings is 1. The number of rotatable bonds is 3. The van der Waals surface area contributed by atoms with E-state index in [-0.39, 0.29) is 26.3 Å². The van der Waals surface area contributed by atoms with Gasteiger partial charge in [-0.2, -0.15) is 0 Å². The van der Waals surface area contributed by atoms with Gasteiger partial charge in [-0.15, -0.1) is 11.3 Å². The van der Waals surface area contributed by atoms with Crippen molar-refractivity contribution >= 4 is 51.4 Å². The van der Waals surface area contributed by atoms with Crippen LogP contribution < -0.4 is 5.32 Å². The van der Waals surface area contributed by atoms with Gasteiger partial charge in [-0.1, -0.05) is 23.2 Å². The average Bonchev–Trinajstić information content (AvgIpc) is 2.80. The van der Waals surface area contributed by atoms with Crippen molar-refractivity contribution in [3.8, 4) is 0 Å². The van der Waals surface area contributed by atoms with Gasteiger partial charge in [0.1, 0.15) is 10.2 Å². The molecule has 0 bridgehead atoms. The molecular weight excluding hydrogens is 311 g/mol. The Bertz CT molecular complexity index is 657. The molecule has 0 aliphatic rings. The van der Waals surface area contributed by atoms with Crippen LogP contribution in [0.4, 0.5) is 5.00 Å². The zero-order valence-electron chi connectivity index (χ0n) is 9.18. The summed E-state index contributed by atoms with van der Waals surface area (Å²) in [6.07, 6.45) is 1.26. The number of halogens is 2. The summed E-state index contributed by atoms with van der Waals surface area (Å²) >= 11 is 12.5. The topological polar surface area (TPSA) is 79.3 Å². The number of nitrogens with one attached hydrogen (secondary N) is 1. The van der Waals surface area contributed by atoms with E-state index >= 15 is 0 Å². The second kappa shape index (κ2) is 5.56. The zero-order chi connectivity index (χ0) is 14.0. The van der Waals surface area contributed by atoms with Crippen LogP contribution in [-0.2, 0) is 0 Å². The lowest BCUT2D eigenvalue weighted by atomic mass is 10.2. The number of anilines is 1. The molecule has 2 rings (SSSR count). The first kappa shape index (κ1) is 13.8. The number of aromatic nitrogens is 1. The molecule has 2 N–H and O–H groups in total. The minimum absolute atomic E-state index is 0.0337. The van der Waals surface area contributed by atoms with Gasteiger partial charge in [-0.25, -0.2) is 9.78 Å². The van der Waals surface area contributed by atoms with Crippen LogP contribution in [0.3, 0.4) is 0 Å². The van der Waals surface area contributed by atoms with Crippen molar-refractivity contribution in [2.75, 3.05) is 5.32 Å². The fraction of sp³-hybridized carbons (Fsp3) is 0. The molecule has 0 aliphatic heterocycles. The Kier molecular flexibility index (Phi) is 4.04. The number of carboxylic acids is 1. The predicted molar refractivity (Wildman–Crippen MR) is 73.5 cm³/mol. The minimum atomic E-state index is -1.11. The minimum Gasteiger partial charge on any atom is -0.478 e. The molecule has 98 valence electrons. The number of pyridine rings is 1. The molecule has 0 aromatic carbocycles. The van der Waals surface area contributed by atoms with E-state index in [1.54, 1.807) is 5.38 Å². The Morgan fingerprint density at radius 3 is 2.74 bits per heavy atom. The maximum absolute atomic E-state index is 11.9. The van der Waals surface area contributed by atoms with E-state index in [1.807, 2.05) is 0 Å². The lowest BCUT2D eigenvalue weighted by Crippen LogP contribution is -2.13. The van der Waals surface area contributed by atoms with E-state index in [1.165, 1.54) is 18.3 Å². The van der Waals surface area contributed by atoms with Crippen molar-refractivity contribution < 1.29 is 14.7 Å². The number of aromatic carboxylic acids is 1. The molecule has 2 aromatic rings. The van der Waals surface area contributed by atoms with Crippen LogP contribution >= 0.6 is 34.5 Å². The van der Waals surface area contributed by atoms with E-state index < -0.39 is 11.9 Å². The third-order valence-electron chi connectivity index (χ3n) is 2.18. The summed E-state index contributed by atoms with van der Waals surface area (Å²) in [6.45, 7) is 0. The fourth-order valence-corrected chi connectivity index (χ4v) is 2.34. The van der Waals surface area contributed by atoms with Crippen LogP contribution in [0.15, 0.2) is 23.7 Å². The van der Waals surface area contributed by atoms with Crippen molar-refractivity contribution in [1.82, 2.24) is 4.98 Å². The summed E-state index contributed by atoms with van der Waals surface area (Å²) < 4.78 is 0. The molecule has 0 aliphatic carbocycles. The normalized spacial score (nSPS) is 10.2. The molecular formula is C11H6Cl2N2O3S. The molecule has 19 heavy (non-hydrogen) atoms. The van der Waals surface area contributed by atoms with E-state index in [4.69, 9.17) is 28.3 Å². The van der Waals surface area contributed by atoms with Crippen LogP contribution in [0.25, 0.3) is 0 Å². The highest BCUT2D eigenvalue weighted by Gasteiger charge is 2.15. The summed E-state index contributed by atoms with van der Waals surface area (Å²) in [4.78, 5) is 26.6. The molecule has 1 amide bonds. The Hall–Kier alpha value is -1.63. The number of carbonyl (C=O) groups excluding carboxylic acids is 1. The third-order valence-corrected chi connectivity index (χ3v) is 3.70. The molecule has 5 nitrogen and oxygen atoms in total. The zero-order valence-corrected chi connectivity index (χ0v) is 11.5. The number of hydrogen-bond acceptors (Lipinski definition) is 4. The number of carboxylic acid groups (broad SMARTS) is 1. The monoisotopic (exact) mass is 316 g/mol. The maximum atomic E-state index is 11.9. The predicted octanol–water partition coefficient (Wildman–Crippen LogP) is 3.40. The molecule has 8 heteroatoms. The van der Waals surface area contributed by atoms with Gasteiger partial charge in [0.25, 0.3) is 5.91 Å². The van der Waals surface area contributed by atoms with Gasteiger partial charge in [0.15, 0.2) is 0 Å². The Morgan fingerprint density at radius 2 is 2.11 bits per heavy atom. The second-order valence-electron chi connectivity index (χ2n) is 3.42. The lowest BCUT2D eigenvalue weighted by molar-refractivity contribution is 0.0698. The Labute approximate surface area is 121 Å². The highest BCUT2D eigenvalue weighted by Crippen LogP contribution is 2.25. The maximum Gasteiger partial charge on any atom is 0.338 e. The highest BCUT2D eigenvalue weighted by molar-refractivity contribution is 7.14.